The maximum atomic E-state index is 12.5. The normalized spacial score (nSPS) is 12.3. The molecule has 0 aliphatic rings. The molecule has 0 aromatic heterocycles. The van der Waals surface area contributed by atoms with E-state index in [1.54, 1.807) is 24.3 Å². The molecule has 2 aromatic rings. The van der Waals surface area contributed by atoms with Gasteiger partial charge in [0.15, 0.2) is 0 Å². The molecule has 4 heteroatoms. The van der Waals surface area contributed by atoms with Gasteiger partial charge >= 0.3 is 144 Å². The quantitative estimate of drug-likeness (QED) is 0.633. The zero-order valence-corrected chi connectivity index (χ0v) is 15.8. The van der Waals surface area contributed by atoms with Gasteiger partial charge in [0.1, 0.15) is 0 Å². The van der Waals surface area contributed by atoms with Crippen molar-refractivity contribution in [3.05, 3.63) is 69.7 Å². The van der Waals surface area contributed by atoms with E-state index in [9.17, 15) is 8.42 Å². The first-order valence-corrected chi connectivity index (χ1v) is 11.2. The fraction of sp³-hybridized carbons (Fsp3) is 0.222. The van der Waals surface area contributed by atoms with Crippen molar-refractivity contribution in [1.82, 2.24) is 0 Å². The van der Waals surface area contributed by atoms with Gasteiger partial charge in [-0.1, -0.05) is 0 Å². The Morgan fingerprint density at radius 3 is 2.18 bits per heavy atom. The van der Waals surface area contributed by atoms with Crippen LogP contribution in [0, 0.1) is 0 Å². The third-order valence-electron chi connectivity index (χ3n) is 3.13. The Labute approximate surface area is 143 Å². The summed E-state index contributed by atoms with van der Waals surface area (Å²) in [5.41, 5.74) is 0. The average molecular weight is 428 g/mol. The molecule has 0 saturated heterocycles. The van der Waals surface area contributed by atoms with Crippen LogP contribution in [0.15, 0.2) is 74.6 Å². The van der Waals surface area contributed by atoms with E-state index in [-0.39, 0.29) is 0 Å². The van der Waals surface area contributed by atoms with Crippen LogP contribution >= 0.6 is 0 Å². The van der Waals surface area contributed by atoms with Crippen molar-refractivity contribution in [2.24, 2.45) is 0 Å². The first-order valence-electron chi connectivity index (χ1n) is 7.35. The fourth-order valence-electron chi connectivity index (χ4n) is 1.98. The summed E-state index contributed by atoms with van der Waals surface area (Å²) in [6.07, 6.45) is 2.98. The van der Waals surface area contributed by atoms with Gasteiger partial charge in [0.25, 0.3) is 0 Å². The zero-order valence-electron chi connectivity index (χ0n) is 12.6. The summed E-state index contributed by atoms with van der Waals surface area (Å²) in [7, 11) is -3.34. The summed E-state index contributed by atoms with van der Waals surface area (Å²) in [5.74, 6) is 0. The van der Waals surface area contributed by atoms with Crippen molar-refractivity contribution in [3.8, 4) is 0 Å². The van der Waals surface area contributed by atoms with Gasteiger partial charge in [0, 0.05) is 0 Å². The van der Waals surface area contributed by atoms with Crippen LogP contribution in [0.1, 0.15) is 26.2 Å². The number of benzene rings is 2. The van der Waals surface area contributed by atoms with Crippen molar-refractivity contribution in [3.63, 3.8) is 0 Å². The summed E-state index contributed by atoms with van der Waals surface area (Å²) < 4.78 is 27.5. The molecule has 0 N–H and O–H groups in total. The molecule has 0 aliphatic carbocycles. The third-order valence-corrected chi connectivity index (χ3v) is 8.23. The summed E-state index contributed by atoms with van der Waals surface area (Å²) in [6, 6.07) is 18.9. The van der Waals surface area contributed by atoms with Crippen LogP contribution in [0.3, 0.4) is 0 Å². The van der Waals surface area contributed by atoms with Gasteiger partial charge in [0.2, 0.25) is 0 Å². The molecule has 0 spiro atoms. The second kappa shape index (κ2) is 8.53. The number of hydrogen-bond acceptors (Lipinski definition) is 2. The van der Waals surface area contributed by atoms with Crippen molar-refractivity contribution < 1.29 is 8.42 Å². The molecule has 116 valence electrons. The summed E-state index contributed by atoms with van der Waals surface area (Å²) >= 11 is -0.630. The molecule has 2 aromatic carbocycles. The molecule has 0 amide bonds. The minimum atomic E-state index is -3.34. The van der Waals surface area contributed by atoms with Crippen LogP contribution in [0.5, 0.6) is 0 Å². The minimum absolute atomic E-state index is 0.379. The van der Waals surface area contributed by atoms with Gasteiger partial charge in [-0.15, -0.1) is 0 Å². The second-order valence-electron chi connectivity index (χ2n) is 4.96. The monoisotopic (exact) mass is 430 g/mol. The number of unbranched alkanes of at least 4 members (excludes halogenated alkanes) is 1. The third kappa shape index (κ3) is 5.28. The molecular formula is C18H20O2STe. The summed E-state index contributed by atoms with van der Waals surface area (Å²) in [4.78, 5) is 0.379. The number of rotatable bonds is 7. The summed E-state index contributed by atoms with van der Waals surface area (Å²) in [5, 5.41) is 1.52. The van der Waals surface area contributed by atoms with Gasteiger partial charge in [-0.05, 0) is 0 Å². The average Bonchev–Trinajstić information content (AvgIpc) is 2.54. The zero-order chi connectivity index (χ0) is 15.8. The Hall–Kier alpha value is -1.08. The Morgan fingerprint density at radius 1 is 1.00 bits per heavy atom. The first-order chi connectivity index (χ1) is 10.6. The van der Waals surface area contributed by atoms with Crippen LogP contribution in [-0.4, -0.2) is 29.3 Å². The molecule has 2 rings (SSSR count). The number of hydrogen-bond donors (Lipinski definition) is 0. The van der Waals surface area contributed by atoms with E-state index in [2.05, 4.69) is 19.1 Å². The molecule has 0 fully saturated rings. The fourth-order valence-corrected chi connectivity index (χ4v) is 7.06. The van der Waals surface area contributed by atoms with Gasteiger partial charge in [-0.25, -0.2) is 0 Å². The van der Waals surface area contributed by atoms with Crippen molar-refractivity contribution in [1.29, 1.82) is 0 Å². The molecule has 0 saturated carbocycles. The van der Waals surface area contributed by atoms with E-state index < -0.39 is 30.8 Å². The van der Waals surface area contributed by atoms with Crippen molar-refractivity contribution in [2.75, 3.05) is 0 Å². The van der Waals surface area contributed by atoms with Crippen LogP contribution in [0.25, 0.3) is 0 Å². The van der Waals surface area contributed by atoms with Crippen LogP contribution in [0.2, 0.25) is 0 Å². The van der Waals surface area contributed by atoms with E-state index in [4.69, 9.17) is 0 Å². The molecule has 0 atom stereocenters. The van der Waals surface area contributed by atoms with Crippen molar-refractivity contribution >= 4 is 34.4 Å². The van der Waals surface area contributed by atoms with Gasteiger partial charge < -0.3 is 0 Å². The molecule has 2 nitrogen and oxygen atoms in total. The van der Waals surface area contributed by atoms with Crippen molar-refractivity contribution in [2.45, 2.75) is 31.1 Å². The molecule has 0 unspecified atom stereocenters. The van der Waals surface area contributed by atoms with Crippen LogP contribution < -0.4 is 3.61 Å². The summed E-state index contributed by atoms with van der Waals surface area (Å²) in [6.45, 7) is 2.13. The van der Waals surface area contributed by atoms with E-state index >= 15 is 0 Å². The molecule has 22 heavy (non-hydrogen) atoms. The predicted molar refractivity (Wildman–Crippen MR) is 93.1 cm³/mol. The first kappa shape index (κ1) is 17.3. The van der Waals surface area contributed by atoms with Gasteiger partial charge in [-0.2, -0.15) is 0 Å². The molecule has 0 bridgehead atoms. The van der Waals surface area contributed by atoms with Gasteiger partial charge in [0.05, 0.1) is 0 Å². The standard InChI is InChI=1S/C18H20O2STe/c1-2-3-12-18(22-17-13-8-5-9-14-17)15-21(19,20)16-10-6-4-7-11-16/h4-11,13-15H,2-3,12H2,1H3/b18-15-. The Bertz CT molecular complexity index is 707. The van der Waals surface area contributed by atoms with E-state index in [0.29, 0.717) is 4.90 Å². The number of sulfone groups is 1. The van der Waals surface area contributed by atoms with E-state index in [0.717, 1.165) is 22.9 Å². The topological polar surface area (TPSA) is 34.1 Å². The Kier molecular flexibility index (Phi) is 6.69. The van der Waals surface area contributed by atoms with E-state index in [1.165, 1.54) is 9.02 Å². The van der Waals surface area contributed by atoms with Gasteiger partial charge in [-0.3, -0.25) is 0 Å². The molecular weight excluding hydrogens is 408 g/mol. The van der Waals surface area contributed by atoms with Crippen LogP contribution in [0.4, 0.5) is 0 Å². The Morgan fingerprint density at radius 2 is 1.59 bits per heavy atom. The van der Waals surface area contributed by atoms with E-state index in [1.807, 2.05) is 24.3 Å². The molecule has 0 radical (unpaired) electrons. The Balaban J connectivity index is 2.28. The number of allylic oxidation sites excluding steroid dienone is 1. The van der Waals surface area contributed by atoms with Crippen LogP contribution in [-0.2, 0) is 9.84 Å². The molecule has 0 heterocycles. The predicted octanol–water partition coefficient (Wildman–Crippen LogP) is 3.52. The maximum absolute atomic E-state index is 12.5. The molecule has 0 aliphatic heterocycles. The second-order valence-corrected chi connectivity index (χ2v) is 10.2. The SMILES string of the molecule is CCCC/C(=C/S(=O)(=O)c1ccccc1)[Te]c1ccccc1.